The highest BCUT2D eigenvalue weighted by atomic mass is 79.9. The lowest BCUT2D eigenvalue weighted by molar-refractivity contribution is -0.214. The minimum atomic E-state index is -0.753. The molecule has 2 fully saturated rings. The molecule has 4 nitrogen and oxygen atoms in total. The Hall–Kier alpha value is 0.385. The van der Waals surface area contributed by atoms with Gasteiger partial charge in [-0.2, -0.15) is 0 Å². The Morgan fingerprint density at radius 3 is 2.21 bits per heavy atom. The highest BCUT2D eigenvalue weighted by Crippen LogP contribution is 2.43. The standard InChI is InChI=1S/C13H24BBrO4/c1-11(2)12(3,4)19-14(18-11)13(17-10-8-15)7-5-6-9-16-13/h5-10H2,1-4H3. The van der Waals surface area contributed by atoms with Gasteiger partial charge in [0, 0.05) is 11.9 Å². The van der Waals surface area contributed by atoms with Crippen LogP contribution in [0.25, 0.3) is 0 Å². The molecule has 0 saturated carbocycles. The summed E-state index contributed by atoms with van der Waals surface area (Å²) in [6.07, 6.45) is 2.96. The van der Waals surface area contributed by atoms with Crippen LogP contribution in [0.5, 0.6) is 0 Å². The lowest BCUT2D eigenvalue weighted by atomic mass is 9.72. The van der Waals surface area contributed by atoms with E-state index in [9.17, 15) is 0 Å². The van der Waals surface area contributed by atoms with Crippen LogP contribution < -0.4 is 0 Å². The average molecular weight is 335 g/mol. The van der Waals surface area contributed by atoms with Crippen LogP contribution in [0.1, 0.15) is 47.0 Å². The average Bonchev–Trinajstić information content (AvgIpc) is 2.58. The molecule has 1 atom stereocenters. The minimum absolute atomic E-state index is 0.358. The molecule has 1 unspecified atom stereocenters. The van der Waals surface area contributed by atoms with Gasteiger partial charge >= 0.3 is 7.12 Å². The van der Waals surface area contributed by atoms with Crippen molar-refractivity contribution in [1.29, 1.82) is 0 Å². The van der Waals surface area contributed by atoms with Gasteiger partial charge in [0.05, 0.1) is 17.8 Å². The summed E-state index contributed by atoms with van der Waals surface area (Å²) in [5.41, 5.74) is -1.47. The maximum Gasteiger partial charge on any atom is 0.521 e. The van der Waals surface area contributed by atoms with Crippen LogP contribution in [0.4, 0.5) is 0 Å². The molecular weight excluding hydrogens is 311 g/mol. The van der Waals surface area contributed by atoms with Crippen LogP contribution in [0.3, 0.4) is 0 Å². The van der Waals surface area contributed by atoms with Gasteiger partial charge in [0.25, 0.3) is 0 Å². The molecular formula is C13H24BBrO4. The largest absolute Gasteiger partial charge is 0.521 e. The molecule has 0 N–H and O–H groups in total. The predicted octanol–water partition coefficient (Wildman–Crippen LogP) is 2.93. The Morgan fingerprint density at radius 1 is 1.11 bits per heavy atom. The second-order valence-corrected chi connectivity index (χ2v) is 7.04. The molecule has 2 aliphatic heterocycles. The number of alkyl halides is 1. The fraction of sp³-hybridized carbons (Fsp3) is 1.00. The Bertz CT molecular complexity index is 300. The van der Waals surface area contributed by atoms with E-state index >= 15 is 0 Å². The molecule has 0 aromatic carbocycles. The van der Waals surface area contributed by atoms with E-state index in [1.54, 1.807) is 0 Å². The van der Waals surface area contributed by atoms with Gasteiger partial charge in [0.2, 0.25) is 5.69 Å². The molecule has 2 heterocycles. The van der Waals surface area contributed by atoms with Crippen molar-refractivity contribution in [3.63, 3.8) is 0 Å². The molecule has 0 amide bonds. The van der Waals surface area contributed by atoms with E-state index < -0.39 is 12.8 Å². The summed E-state index contributed by atoms with van der Waals surface area (Å²) in [5, 5.41) is 0.775. The lowest BCUT2D eigenvalue weighted by Gasteiger charge is -2.38. The number of halogens is 1. The van der Waals surface area contributed by atoms with Crippen molar-refractivity contribution < 1.29 is 18.8 Å². The topological polar surface area (TPSA) is 36.9 Å². The fourth-order valence-corrected chi connectivity index (χ4v) is 2.55. The number of rotatable bonds is 4. The maximum absolute atomic E-state index is 6.12. The maximum atomic E-state index is 6.12. The third-order valence-electron chi connectivity index (χ3n) is 4.30. The first kappa shape index (κ1) is 15.8. The highest BCUT2D eigenvalue weighted by molar-refractivity contribution is 9.09. The molecule has 0 radical (unpaired) electrons. The van der Waals surface area contributed by atoms with E-state index in [0.717, 1.165) is 24.6 Å². The number of hydrogen-bond donors (Lipinski definition) is 0. The molecule has 0 spiro atoms. The van der Waals surface area contributed by atoms with E-state index in [2.05, 4.69) is 15.9 Å². The first-order valence-electron chi connectivity index (χ1n) is 7.02. The molecule has 110 valence electrons. The zero-order valence-electron chi connectivity index (χ0n) is 12.3. The molecule has 2 saturated heterocycles. The summed E-state index contributed by atoms with van der Waals surface area (Å²) in [5.74, 6) is 0. The van der Waals surface area contributed by atoms with Gasteiger partial charge in [0.1, 0.15) is 0 Å². The van der Waals surface area contributed by atoms with Gasteiger partial charge in [-0.25, -0.2) is 0 Å². The van der Waals surface area contributed by atoms with E-state index in [1.807, 2.05) is 27.7 Å². The monoisotopic (exact) mass is 334 g/mol. The van der Waals surface area contributed by atoms with Gasteiger partial charge in [-0.3, -0.25) is 0 Å². The fourth-order valence-electron chi connectivity index (χ4n) is 2.39. The molecule has 2 aliphatic rings. The van der Waals surface area contributed by atoms with E-state index in [1.165, 1.54) is 0 Å². The summed E-state index contributed by atoms with van der Waals surface area (Å²) in [6.45, 7) is 9.49. The number of hydrogen-bond acceptors (Lipinski definition) is 4. The highest BCUT2D eigenvalue weighted by Gasteiger charge is 2.61. The molecule has 0 aromatic rings. The smallest absolute Gasteiger partial charge is 0.400 e. The van der Waals surface area contributed by atoms with E-state index in [-0.39, 0.29) is 11.2 Å². The second kappa shape index (κ2) is 5.64. The van der Waals surface area contributed by atoms with Crippen molar-refractivity contribution in [2.24, 2.45) is 0 Å². The molecule has 0 aliphatic carbocycles. The van der Waals surface area contributed by atoms with Crippen LogP contribution in [0.15, 0.2) is 0 Å². The van der Waals surface area contributed by atoms with E-state index in [4.69, 9.17) is 18.8 Å². The van der Waals surface area contributed by atoms with Gasteiger partial charge in [0.15, 0.2) is 0 Å². The quantitative estimate of drug-likeness (QED) is 0.585. The minimum Gasteiger partial charge on any atom is -0.400 e. The van der Waals surface area contributed by atoms with Crippen molar-refractivity contribution in [1.82, 2.24) is 0 Å². The van der Waals surface area contributed by atoms with Crippen LogP contribution in [-0.2, 0) is 18.8 Å². The summed E-state index contributed by atoms with van der Waals surface area (Å²) < 4.78 is 24.1. The van der Waals surface area contributed by atoms with Crippen molar-refractivity contribution in [2.75, 3.05) is 18.5 Å². The summed E-state index contributed by atoms with van der Waals surface area (Å²) in [6, 6.07) is 0. The van der Waals surface area contributed by atoms with Gasteiger partial charge in [-0.05, 0) is 47.0 Å². The predicted molar refractivity (Wildman–Crippen MR) is 78.4 cm³/mol. The zero-order valence-corrected chi connectivity index (χ0v) is 13.9. The van der Waals surface area contributed by atoms with Crippen molar-refractivity contribution >= 4 is 23.0 Å². The normalized spacial score (nSPS) is 33.6. The first-order chi connectivity index (χ1) is 8.83. The van der Waals surface area contributed by atoms with Crippen molar-refractivity contribution in [3.05, 3.63) is 0 Å². The van der Waals surface area contributed by atoms with Crippen molar-refractivity contribution in [3.8, 4) is 0 Å². The van der Waals surface area contributed by atoms with Gasteiger partial charge in [-0.15, -0.1) is 0 Å². The van der Waals surface area contributed by atoms with Crippen LogP contribution in [-0.4, -0.2) is 42.6 Å². The zero-order chi connectivity index (χ0) is 14.1. The first-order valence-corrected chi connectivity index (χ1v) is 8.15. The Kier molecular flexibility index (Phi) is 4.68. The molecule has 0 bridgehead atoms. The van der Waals surface area contributed by atoms with Gasteiger partial charge < -0.3 is 18.8 Å². The third-order valence-corrected chi connectivity index (χ3v) is 4.63. The molecule has 2 rings (SSSR count). The van der Waals surface area contributed by atoms with Crippen LogP contribution in [0, 0.1) is 0 Å². The van der Waals surface area contributed by atoms with Crippen LogP contribution in [0.2, 0.25) is 0 Å². The Balaban J connectivity index is 2.16. The SMILES string of the molecule is CC1(C)OB(C2(OCCBr)CCCCO2)OC1(C)C. The van der Waals surface area contributed by atoms with Gasteiger partial charge in [-0.1, -0.05) is 15.9 Å². The molecule has 6 heteroatoms. The third kappa shape index (κ3) is 3.03. The van der Waals surface area contributed by atoms with E-state index in [0.29, 0.717) is 13.2 Å². The summed E-state index contributed by atoms with van der Waals surface area (Å²) in [4.78, 5) is 0. The van der Waals surface area contributed by atoms with Crippen molar-refractivity contribution in [2.45, 2.75) is 63.8 Å². The summed E-state index contributed by atoms with van der Waals surface area (Å²) in [7, 11) is -0.461. The second-order valence-electron chi connectivity index (χ2n) is 6.24. The number of ether oxygens (including phenoxy) is 2. The molecule has 19 heavy (non-hydrogen) atoms. The Morgan fingerprint density at radius 2 is 1.74 bits per heavy atom. The summed E-state index contributed by atoms with van der Waals surface area (Å²) >= 11 is 3.39. The molecule has 0 aromatic heterocycles. The lowest BCUT2D eigenvalue weighted by Crippen LogP contribution is -2.54. The van der Waals surface area contributed by atoms with Crippen LogP contribution >= 0.6 is 15.9 Å². The Labute approximate surface area is 124 Å².